The lowest BCUT2D eigenvalue weighted by Crippen LogP contribution is -2.37. The zero-order chi connectivity index (χ0) is 18.7. The fraction of sp³-hybridized carbons (Fsp3) is 0.300. The number of benzene rings is 2. The van der Waals surface area contributed by atoms with Crippen LogP contribution in [0.5, 0.6) is 0 Å². The van der Waals surface area contributed by atoms with Crippen LogP contribution >= 0.6 is 0 Å². The Morgan fingerprint density at radius 1 is 1.15 bits per heavy atom. The van der Waals surface area contributed by atoms with Crippen LogP contribution in [0.4, 0.5) is 13.2 Å². The maximum Gasteiger partial charge on any atom is 0.224 e. The Labute approximate surface area is 149 Å². The highest BCUT2D eigenvalue weighted by atomic mass is 19.1. The summed E-state index contributed by atoms with van der Waals surface area (Å²) in [6, 6.07) is 7.24. The number of hydrogen-bond donors (Lipinski definition) is 1. The van der Waals surface area contributed by atoms with Crippen molar-refractivity contribution in [1.82, 2.24) is 5.32 Å². The first kappa shape index (κ1) is 18.2. The zero-order valence-electron chi connectivity index (χ0n) is 14.0. The summed E-state index contributed by atoms with van der Waals surface area (Å²) in [7, 11) is 0. The topological polar surface area (TPSA) is 46.2 Å². The van der Waals surface area contributed by atoms with E-state index < -0.39 is 23.4 Å². The molecule has 0 radical (unpaired) electrons. The number of rotatable bonds is 6. The summed E-state index contributed by atoms with van der Waals surface area (Å²) < 4.78 is 40.7. The third kappa shape index (κ3) is 3.95. The first-order valence-electron chi connectivity index (χ1n) is 8.46. The van der Waals surface area contributed by atoms with E-state index in [2.05, 4.69) is 5.32 Å². The van der Waals surface area contributed by atoms with Crippen molar-refractivity contribution in [3.63, 3.8) is 0 Å². The van der Waals surface area contributed by atoms with E-state index in [-0.39, 0.29) is 35.8 Å². The Hall–Kier alpha value is -2.63. The van der Waals surface area contributed by atoms with Crippen molar-refractivity contribution in [2.24, 2.45) is 5.92 Å². The third-order valence-electron chi connectivity index (χ3n) is 4.79. The van der Waals surface area contributed by atoms with Gasteiger partial charge in [0.1, 0.15) is 17.5 Å². The van der Waals surface area contributed by atoms with Crippen molar-refractivity contribution in [2.75, 3.05) is 0 Å². The molecule has 136 valence electrons. The van der Waals surface area contributed by atoms with E-state index in [9.17, 15) is 22.8 Å². The molecule has 6 heteroatoms. The maximum atomic E-state index is 13.7. The van der Waals surface area contributed by atoms with Crippen LogP contribution in [0.3, 0.4) is 0 Å². The Morgan fingerprint density at radius 2 is 1.92 bits per heavy atom. The second-order valence-electron chi connectivity index (χ2n) is 6.55. The highest BCUT2D eigenvalue weighted by Gasteiger charge is 2.30. The average Bonchev–Trinajstić information content (AvgIpc) is 2.52. The van der Waals surface area contributed by atoms with E-state index in [0.717, 1.165) is 25.3 Å². The molecule has 0 heterocycles. The van der Waals surface area contributed by atoms with Crippen LogP contribution < -0.4 is 5.32 Å². The normalized spacial score (nSPS) is 15.2. The highest BCUT2D eigenvalue weighted by molar-refractivity contribution is 5.84. The molecule has 1 aliphatic carbocycles. The van der Waals surface area contributed by atoms with Gasteiger partial charge in [-0.05, 0) is 48.1 Å². The fourth-order valence-corrected chi connectivity index (χ4v) is 3.26. The first-order valence-corrected chi connectivity index (χ1v) is 8.46. The monoisotopic (exact) mass is 361 g/mol. The molecule has 0 spiro atoms. The molecular formula is C20H18F3NO2. The van der Waals surface area contributed by atoms with Gasteiger partial charge in [0.05, 0.1) is 18.0 Å². The van der Waals surface area contributed by atoms with Crippen molar-refractivity contribution in [1.29, 1.82) is 0 Å². The average molecular weight is 361 g/mol. The van der Waals surface area contributed by atoms with Gasteiger partial charge in [-0.15, -0.1) is 0 Å². The summed E-state index contributed by atoms with van der Waals surface area (Å²) in [5, 5.41) is 2.83. The largest absolute Gasteiger partial charge is 0.349 e. The molecule has 0 aliphatic heterocycles. The van der Waals surface area contributed by atoms with Crippen molar-refractivity contribution >= 4 is 12.2 Å². The van der Waals surface area contributed by atoms with Crippen molar-refractivity contribution in [3.05, 3.63) is 70.5 Å². The number of carbonyl (C=O) groups is 2. The van der Waals surface area contributed by atoms with Crippen molar-refractivity contribution in [3.8, 4) is 0 Å². The van der Waals surface area contributed by atoms with Gasteiger partial charge in [-0.25, -0.2) is 13.2 Å². The highest BCUT2D eigenvalue weighted by Crippen LogP contribution is 2.38. The van der Waals surface area contributed by atoms with Crippen LogP contribution in [0.15, 0.2) is 36.4 Å². The van der Waals surface area contributed by atoms with E-state index in [1.807, 2.05) is 0 Å². The van der Waals surface area contributed by atoms with Crippen LogP contribution in [0.2, 0.25) is 0 Å². The van der Waals surface area contributed by atoms with Gasteiger partial charge in [-0.1, -0.05) is 18.6 Å². The van der Waals surface area contributed by atoms with Gasteiger partial charge >= 0.3 is 0 Å². The summed E-state index contributed by atoms with van der Waals surface area (Å²) in [5.74, 6) is -2.52. The SMILES string of the molecule is O=Cc1c(F)cc(F)cc1CC(=O)N[C@H](c1cccc(F)c1)C1CCC1. The van der Waals surface area contributed by atoms with Gasteiger partial charge in [0.2, 0.25) is 5.91 Å². The molecular weight excluding hydrogens is 343 g/mol. The molecule has 1 saturated carbocycles. The lowest BCUT2D eigenvalue weighted by atomic mass is 9.77. The minimum atomic E-state index is -0.997. The molecule has 0 unspecified atom stereocenters. The Kier molecular flexibility index (Phi) is 5.40. The predicted molar refractivity (Wildman–Crippen MR) is 90.1 cm³/mol. The number of amides is 1. The quantitative estimate of drug-likeness (QED) is 0.787. The number of halogens is 3. The molecule has 3 nitrogen and oxygen atoms in total. The van der Waals surface area contributed by atoms with E-state index in [1.54, 1.807) is 12.1 Å². The smallest absolute Gasteiger partial charge is 0.224 e. The molecule has 0 saturated heterocycles. The molecule has 2 aromatic carbocycles. The molecule has 1 aliphatic rings. The molecule has 1 fully saturated rings. The number of carbonyl (C=O) groups excluding carboxylic acids is 2. The van der Waals surface area contributed by atoms with Crippen LogP contribution in [0.1, 0.15) is 46.8 Å². The second kappa shape index (κ2) is 7.72. The van der Waals surface area contributed by atoms with Gasteiger partial charge in [-0.2, -0.15) is 0 Å². The molecule has 1 atom stereocenters. The van der Waals surface area contributed by atoms with Crippen molar-refractivity contribution < 1.29 is 22.8 Å². The van der Waals surface area contributed by atoms with Gasteiger partial charge in [0, 0.05) is 6.07 Å². The Bertz CT molecular complexity index is 834. The molecule has 26 heavy (non-hydrogen) atoms. The van der Waals surface area contributed by atoms with E-state index >= 15 is 0 Å². The number of nitrogens with one attached hydrogen (secondary N) is 1. The summed E-state index contributed by atoms with van der Waals surface area (Å²) in [5.41, 5.74) is 0.318. The minimum absolute atomic E-state index is 0.0124. The van der Waals surface area contributed by atoms with E-state index in [1.165, 1.54) is 12.1 Å². The lowest BCUT2D eigenvalue weighted by Gasteiger charge is -2.34. The number of aldehydes is 1. The van der Waals surface area contributed by atoms with Gasteiger partial charge in [-0.3, -0.25) is 9.59 Å². The van der Waals surface area contributed by atoms with Crippen LogP contribution in [0.25, 0.3) is 0 Å². The second-order valence-corrected chi connectivity index (χ2v) is 6.55. The summed E-state index contributed by atoms with van der Waals surface area (Å²) in [6.07, 6.45) is 2.80. The molecule has 1 amide bonds. The van der Waals surface area contributed by atoms with Crippen LogP contribution in [0, 0.1) is 23.4 Å². The molecule has 2 aromatic rings. The van der Waals surface area contributed by atoms with Gasteiger partial charge in [0.15, 0.2) is 6.29 Å². The first-order chi connectivity index (χ1) is 12.5. The lowest BCUT2D eigenvalue weighted by molar-refractivity contribution is -0.121. The third-order valence-corrected chi connectivity index (χ3v) is 4.79. The fourth-order valence-electron chi connectivity index (χ4n) is 3.26. The predicted octanol–water partition coefficient (Wildman–Crippen LogP) is 4.12. The molecule has 3 rings (SSSR count). The number of hydrogen-bond acceptors (Lipinski definition) is 2. The molecule has 1 N–H and O–H groups in total. The summed E-state index contributed by atoms with van der Waals surface area (Å²) in [6.45, 7) is 0. The van der Waals surface area contributed by atoms with Crippen LogP contribution in [-0.2, 0) is 11.2 Å². The Balaban J connectivity index is 1.80. The Morgan fingerprint density at radius 3 is 2.54 bits per heavy atom. The molecule has 0 bridgehead atoms. The van der Waals surface area contributed by atoms with Crippen LogP contribution in [-0.4, -0.2) is 12.2 Å². The van der Waals surface area contributed by atoms with Crippen molar-refractivity contribution in [2.45, 2.75) is 31.7 Å². The summed E-state index contributed by atoms with van der Waals surface area (Å²) >= 11 is 0. The van der Waals surface area contributed by atoms with E-state index in [0.29, 0.717) is 11.6 Å². The maximum absolute atomic E-state index is 13.7. The van der Waals surface area contributed by atoms with E-state index in [4.69, 9.17) is 0 Å². The van der Waals surface area contributed by atoms with Gasteiger partial charge < -0.3 is 5.32 Å². The standard InChI is InChI=1S/C20H18F3NO2/c21-15-6-2-5-13(7-15)20(12-3-1-4-12)24-19(26)9-14-8-16(22)10-18(23)17(14)11-25/h2,5-8,10-12,20H,1,3-4,9H2,(H,24,26)/t20-/m0/s1. The van der Waals surface area contributed by atoms with Gasteiger partial charge in [0.25, 0.3) is 0 Å². The zero-order valence-corrected chi connectivity index (χ0v) is 14.0. The minimum Gasteiger partial charge on any atom is -0.349 e. The molecule has 0 aromatic heterocycles. The summed E-state index contributed by atoms with van der Waals surface area (Å²) in [4.78, 5) is 23.5.